The number of anilines is 1. The van der Waals surface area contributed by atoms with E-state index in [0.29, 0.717) is 5.69 Å². The third-order valence-corrected chi connectivity index (χ3v) is 2.21. The molecule has 1 heterocycles. The van der Waals surface area contributed by atoms with E-state index in [1.54, 1.807) is 31.2 Å². The number of benzene rings is 1. The lowest BCUT2D eigenvalue weighted by Crippen LogP contribution is -2.10. The second-order valence-corrected chi connectivity index (χ2v) is 3.43. The van der Waals surface area contributed by atoms with E-state index in [1.165, 1.54) is 12.3 Å². The summed E-state index contributed by atoms with van der Waals surface area (Å²) in [7, 11) is 0. The van der Waals surface area contributed by atoms with Crippen LogP contribution in [-0.4, -0.2) is 11.0 Å². The Balaban J connectivity index is 2.15. The molecule has 2 rings (SSSR count). The first-order valence-electron chi connectivity index (χ1n) is 4.81. The van der Waals surface area contributed by atoms with Gasteiger partial charge in [0, 0.05) is 11.8 Å². The van der Waals surface area contributed by atoms with Crippen LogP contribution in [0.25, 0.3) is 0 Å². The smallest absolute Gasteiger partial charge is 0.291 e. The fourth-order valence-corrected chi connectivity index (χ4v) is 1.29. The lowest BCUT2D eigenvalue weighted by atomic mass is 10.2. The number of carbonyl (C=O) groups excluding carboxylic acids is 1. The van der Waals surface area contributed by atoms with E-state index in [9.17, 15) is 9.90 Å². The van der Waals surface area contributed by atoms with Crippen LogP contribution in [0.2, 0.25) is 0 Å². The third-order valence-electron chi connectivity index (χ3n) is 2.21. The quantitative estimate of drug-likeness (QED) is 0.812. The summed E-state index contributed by atoms with van der Waals surface area (Å²) in [6.07, 6.45) is 1.43. The van der Waals surface area contributed by atoms with E-state index in [-0.39, 0.29) is 17.4 Å². The van der Waals surface area contributed by atoms with Gasteiger partial charge in [0.25, 0.3) is 5.91 Å². The molecule has 0 aliphatic carbocycles. The molecule has 2 aromatic rings. The van der Waals surface area contributed by atoms with E-state index in [4.69, 9.17) is 4.42 Å². The summed E-state index contributed by atoms with van der Waals surface area (Å²) in [5.41, 5.74) is 1.29. The van der Waals surface area contributed by atoms with Gasteiger partial charge >= 0.3 is 0 Å². The van der Waals surface area contributed by atoms with Crippen molar-refractivity contribution in [1.29, 1.82) is 0 Å². The average Bonchev–Trinajstić information content (AvgIpc) is 2.77. The van der Waals surface area contributed by atoms with Crippen molar-refractivity contribution in [3.63, 3.8) is 0 Å². The van der Waals surface area contributed by atoms with Gasteiger partial charge in [0.05, 0.1) is 6.26 Å². The second kappa shape index (κ2) is 4.10. The van der Waals surface area contributed by atoms with Crippen molar-refractivity contribution < 1.29 is 14.3 Å². The molecular formula is C12H11NO3. The summed E-state index contributed by atoms with van der Waals surface area (Å²) in [6, 6.07) is 8.16. The molecule has 2 N–H and O–H groups in total. The predicted octanol–water partition coefficient (Wildman–Crippen LogP) is 2.55. The van der Waals surface area contributed by atoms with Gasteiger partial charge in [0.2, 0.25) is 0 Å². The highest BCUT2D eigenvalue weighted by atomic mass is 16.3. The Labute approximate surface area is 92.5 Å². The standard InChI is InChI=1S/C12H11NO3/c1-8-4-5-9(7-10(8)14)13-12(15)11-3-2-6-16-11/h2-7,14H,1H3,(H,13,15). The molecule has 0 spiro atoms. The number of hydrogen-bond donors (Lipinski definition) is 2. The lowest BCUT2D eigenvalue weighted by Gasteiger charge is -2.05. The van der Waals surface area contributed by atoms with E-state index < -0.39 is 0 Å². The normalized spacial score (nSPS) is 10.1. The van der Waals surface area contributed by atoms with Crippen LogP contribution in [0.5, 0.6) is 5.75 Å². The van der Waals surface area contributed by atoms with Gasteiger partial charge in [-0.05, 0) is 30.7 Å². The summed E-state index contributed by atoms with van der Waals surface area (Å²) in [5, 5.41) is 12.1. The number of aromatic hydroxyl groups is 1. The molecular weight excluding hydrogens is 206 g/mol. The molecule has 4 nitrogen and oxygen atoms in total. The van der Waals surface area contributed by atoms with Gasteiger partial charge in [-0.2, -0.15) is 0 Å². The number of phenolic OH excluding ortho intramolecular Hbond substituents is 1. The largest absolute Gasteiger partial charge is 0.508 e. The first kappa shape index (κ1) is 10.3. The van der Waals surface area contributed by atoms with Gasteiger partial charge in [-0.1, -0.05) is 6.07 Å². The monoisotopic (exact) mass is 217 g/mol. The summed E-state index contributed by atoms with van der Waals surface area (Å²) in [5.74, 6) is 0.0468. The van der Waals surface area contributed by atoms with E-state index in [1.807, 2.05) is 0 Å². The average molecular weight is 217 g/mol. The number of carbonyl (C=O) groups is 1. The molecule has 4 heteroatoms. The van der Waals surface area contributed by atoms with Gasteiger partial charge in [-0.25, -0.2) is 0 Å². The number of amides is 1. The molecule has 0 atom stereocenters. The molecule has 82 valence electrons. The maximum atomic E-state index is 11.6. The number of hydrogen-bond acceptors (Lipinski definition) is 3. The van der Waals surface area contributed by atoms with E-state index in [0.717, 1.165) is 5.56 Å². The predicted molar refractivity (Wildman–Crippen MR) is 59.5 cm³/mol. The maximum Gasteiger partial charge on any atom is 0.291 e. The molecule has 1 amide bonds. The molecule has 16 heavy (non-hydrogen) atoms. The van der Waals surface area contributed by atoms with Crippen molar-refractivity contribution in [2.45, 2.75) is 6.92 Å². The fourth-order valence-electron chi connectivity index (χ4n) is 1.29. The van der Waals surface area contributed by atoms with E-state index >= 15 is 0 Å². The van der Waals surface area contributed by atoms with Crippen LogP contribution in [0.3, 0.4) is 0 Å². The summed E-state index contributed by atoms with van der Waals surface area (Å²) in [4.78, 5) is 11.6. The van der Waals surface area contributed by atoms with Crippen molar-refractivity contribution in [1.82, 2.24) is 0 Å². The van der Waals surface area contributed by atoms with Crippen molar-refractivity contribution in [3.05, 3.63) is 47.9 Å². The Morgan fingerprint density at radius 2 is 2.19 bits per heavy atom. The van der Waals surface area contributed by atoms with E-state index in [2.05, 4.69) is 5.32 Å². The molecule has 0 radical (unpaired) electrons. The lowest BCUT2D eigenvalue weighted by molar-refractivity contribution is 0.0996. The van der Waals surface area contributed by atoms with Crippen molar-refractivity contribution in [2.75, 3.05) is 5.32 Å². The highest BCUT2D eigenvalue weighted by molar-refractivity contribution is 6.02. The van der Waals surface area contributed by atoms with Crippen LogP contribution >= 0.6 is 0 Å². The zero-order valence-electron chi connectivity index (χ0n) is 8.73. The third kappa shape index (κ3) is 2.06. The Morgan fingerprint density at radius 3 is 2.81 bits per heavy atom. The van der Waals surface area contributed by atoms with Gasteiger partial charge in [-0.3, -0.25) is 4.79 Å². The molecule has 0 saturated heterocycles. The molecule has 0 unspecified atom stereocenters. The van der Waals surface area contributed by atoms with Crippen molar-refractivity contribution in [2.24, 2.45) is 0 Å². The first-order valence-corrected chi connectivity index (χ1v) is 4.81. The van der Waals surface area contributed by atoms with Crippen LogP contribution < -0.4 is 5.32 Å². The molecule has 0 fully saturated rings. The highest BCUT2D eigenvalue weighted by Crippen LogP contribution is 2.21. The van der Waals surface area contributed by atoms with Crippen molar-refractivity contribution in [3.8, 4) is 5.75 Å². The SMILES string of the molecule is Cc1ccc(NC(=O)c2ccco2)cc1O. The summed E-state index contributed by atoms with van der Waals surface area (Å²) < 4.78 is 4.95. The highest BCUT2D eigenvalue weighted by Gasteiger charge is 2.09. The first-order chi connectivity index (χ1) is 7.66. The molecule has 1 aromatic heterocycles. The zero-order chi connectivity index (χ0) is 11.5. The Kier molecular flexibility index (Phi) is 2.64. The van der Waals surface area contributed by atoms with Gasteiger partial charge in [0.1, 0.15) is 5.75 Å². The van der Waals surface area contributed by atoms with Crippen LogP contribution in [0.15, 0.2) is 41.0 Å². The van der Waals surface area contributed by atoms with Gasteiger partial charge < -0.3 is 14.8 Å². The summed E-state index contributed by atoms with van der Waals surface area (Å²) >= 11 is 0. The minimum atomic E-state index is -0.340. The minimum absolute atomic E-state index is 0.150. The Morgan fingerprint density at radius 1 is 1.38 bits per heavy atom. The van der Waals surface area contributed by atoms with Gasteiger partial charge in [-0.15, -0.1) is 0 Å². The number of nitrogens with one attached hydrogen (secondary N) is 1. The molecule has 0 saturated carbocycles. The fraction of sp³-hybridized carbons (Fsp3) is 0.0833. The molecule has 0 aliphatic heterocycles. The number of aryl methyl sites for hydroxylation is 1. The van der Waals surface area contributed by atoms with Gasteiger partial charge in [0.15, 0.2) is 5.76 Å². The zero-order valence-corrected chi connectivity index (χ0v) is 8.73. The molecule has 1 aromatic carbocycles. The van der Waals surface area contributed by atoms with Crippen LogP contribution in [0, 0.1) is 6.92 Å². The van der Waals surface area contributed by atoms with Crippen LogP contribution in [-0.2, 0) is 0 Å². The molecule has 0 bridgehead atoms. The summed E-state index contributed by atoms with van der Waals surface area (Å²) in [6.45, 7) is 1.79. The topological polar surface area (TPSA) is 62.5 Å². The Bertz CT molecular complexity index is 503. The second-order valence-electron chi connectivity index (χ2n) is 3.43. The van der Waals surface area contributed by atoms with Crippen LogP contribution in [0.1, 0.15) is 16.1 Å². The molecule has 0 aliphatic rings. The number of rotatable bonds is 2. The minimum Gasteiger partial charge on any atom is -0.508 e. The Hall–Kier alpha value is -2.23. The number of furan rings is 1. The van der Waals surface area contributed by atoms with Crippen molar-refractivity contribution >= 4 is 11.6 Å². The number of phenols is 1. The van der Waals surface area contributed by atoms with Crippen LogP contribution in [0.4, 0.5) is 5.69 Å². The maximum absolute atomic E-state index is 11.6.